The summed E-state index contributed by atoms with van der Waals surface area (Å²) in [6.45, 7) is 2.89. The van der Waals surface area contributed by atoms with Crippen molar-refractivity contribution in [3.05, 3.63) is 0 Å². The third-order valence-corrected chi connectivity index (χ3v) is 5.56. The molecule has 21 heavy (non-hydrogen) atoms. The van der Waals surface area contributed by atoms with Gasteiger partial charge in [0.05, 0.1) is 5.75 Å². The van der Waals surface area contributed by atoms with E-state index in [4.69, 9.17) is 0 Å². The molecule has 0 spiro atoms. The lowest BCUT2D eigenvalue weighted by Gasteiger charge is -2.33. The molecule has 2 rings (SSSR count). The second-order valence-electron chi connectivity index (χ2n) is 5.70. The summed E-state index contributed by atoms with van der Waals surface area (Å²) in [5.41, 5.74) is 0. The van der Waals surface area contributed by atoms with E-state index in [1.54, 1.807) is 4.90 Å². The highest BCUT2D eigenvalue weighted by Gasteiger charge is 2.33. The topological polar surface area (TPSA) is 95.6 Å². The van der Waals surface area contributed by atoms with Gasteiger partial charge < -0.3 is 10.2 Å². The molecule has 2 amide bonds. The maximum atomic E-state index is 12.2. The molecule has 0 radical (unpaired) electrons. The summed E-state index contributed by atoms with van der Waals surface area (Å²) in [7, 11) is -3.20. The Balaban J connectivity index is 1.80. The Labute approximate surface area is 125 Å². The van der Waals surface area contributed by atoms with E-state index < -0.39 is 16.1 Å². The number of sulfonamides is 1. The van der Waals surface area contributed by atoms with Crippen molar-refractivity contribution in [2.75, 3.05) is 18.8 Å². The molecule has 8 heteroatoms. The molecule has 0 saturated carbocycles. The van der Waals surface area contributed by atoms with Gasteiger partial charge in [-0.1, -0.05) is 6.92 Å². The number of carbonyl (C=O) groups excluding carboxylic acids is 2. The first kappa shape index (κ1) is 16.2. The Morgan fingerprint density at radius 3 is 2.52 bits per heavy atom. The summed E-state index contributed by atoms with van der Waals surface area (Å²) in [5.74, 6) is 0.0199. The molecule has 0 bridgehead atoms. The van der Waals surface area contributed by atoms with Crippen molar-refractivity contribution in [3.63, 3.8) is 0 Å². The Hall–Kier alpha value is -1.15. The zero-order valence-corrected chi connectivity index (χ0v) is 13.1. The van der Waals surface area contributed by atoms with Crippen LogP contribution in [0.3, 0.4) is 0 Å². The molecule has 2 aliphatic heterocycles. The molecule has 2 N–H and O–H groups in total. The highest BCUT2D eigenvalue weighted by Crippen LogP contribution is 2.16. The summed E-state index contributed by atoms with van der Waals surface area (Å²) in [4.78, 5) is 25.1. The maximum absolute atomic E-state index is 12.2. The molecule has 7 nitrogen and oxygen atoms in total. The van der Waals surface area contributed by atoms with E-state index in [0.29, 0.717) is 45.2 Å². The Kier molecular flexibility index (Phi) is 5.21. The normalized spacial score (nSPS) is 24.1. The predicted molar refractivity (Wildman–Crippen MR) is 78.0 cm³/mol. The molecular formula is C13H23N3O4S. The summed E-state index contributed by atoms with van der Waals surface area (Å²) in [6.07, 6.45) is 2.79. The van der Waals surface area contributed by atoms with Crippen LogP contribution in [0.2, 0.25) is 0 Å². The van der Waals surface area contributed by atoms with Gasteiger partial charge in [-0.15, -0.1) is 0 Å². The number of likely N-dealkylation sites (tertiary alicyclic amines) is 1. The van der Waals surface area contributed by atoms with Crippen LogP contribution in [0.4, 0.5) is 0 Å². The van der Waals surface area contributed by atoms with E-state index >= 15 is 0 Å². The fraction of sp³-hybridized carbons (Fsp3) is 0.846. The Bertz CT molecular complexity index is 498. The van der Waals surface area contributed by atoms with Gasteiger partial charge >= 0.3 is 0 Å². The van der Waals surface area contributed by atoms with Gasteiger partial charge in [-0.25, -0.2) is 13.1 Å². The Morgan fingerprint density at radius 1 is 1.33 bits per heavy atom. The SMILES string of the molecule is CCCS(=O)(=O)NC1CCN(C(=O)C2CCC(=O)N2)CC1. The minimum absolute atomic E-state index is 0.0456. The fourth-order valence-corrected chi connectivity index (χ4v) is 4.22. The number of piperidine rings is 1. The molecule has 0 aliphatic carbocycles. The number of amides is 2. The van der Waals surface area contributed by atoms with E-state index in [1.165, 1.54) is 0 Å². The number of rotatable bonds is 5. The van der Waals surface area contributed by atoms with Gasteiger partial charge in [0.25, 0.3) is 0 Å². The van der Waals surface area contributed by atoms with Crippen LogP contribution in [0.5, 0.6) is 0 Å². The third kappa shape index (κ3) is 4.41. The molecule has 1 atom stereocenters. The van der Waals surface area contributed by atoms with Gasteiger partial charge in [-0.2, -0.15) is 0 Å². The van der Waals surface area contributed by atoms with Crippen LogP contribution >= 0.6 is 0 Å². The molecule has 2 heterocycles. The first-order chi connectivity index (χ1) is 9.91. The van der Waals surface area contributed by atoms with Crippen molar-refractivity contribution in [1.82, 2.24) is 14.9 Å². The van der Waals surface area contributed by atoms with E-state index in [1.807, 2.05) is 6.92 Å². The van der Waals surface area contributed by atoms with Crippen LogP contribution < -0.4 is 10.0 Å². The van der Waals surface area contributed by atoms with Crippen LogP contribution in [0, 0.1) is 0 Å². The average Bonchev–Trinajstić information content (AvgIpc) is 2.85. The zero-order valence-electron chi connectivity index (χ0n) is 12.3. The number of hydrogen-bond acceptors (Lipinski definition) is 4. The second kappa shape index (κ2) is 6.74. The lowest BCUT2D eigenvalue weighted by Crippen LogP contribution is -2.51. The molecule has 1 unspecified atom stereocenters. The van der Waals surface area contributed by atoms with E-state index in [-0.39, 0.29) is 23.6 Å². The van der Waals surface area contributed by atoms with Crippen LogP contribution in [-0.4, -0.2) is 56.1 Å². The minimum Gasteiger partial charge on any atom is -0.344 e. The van der Waals surface area contributed by atoms with Crippen LogP contribution in [0.1, 0.15) is 39.0 Å². The summed E-state index contributed by atoms with van der Waals surface area (Å²) in [5, 5.41) is 2.68. The first-order valence-electron chi connectivity index (χ1n) is 7.49. The van der Waals surface area contributed by atoms with Gasteiger partial charge in [0.1, 0.15) is 6.04 Å². The van der Waals surface area contributed by atoms with Crippen molar-refractivity contribution in [1.29, 1.82) is 0 Å². The van der Waals surface area contributed by atoms with Crippen LogP contribution in [0.25, 0.3) is 0 Å². The minimum atomic E-state index is -3.20. The molecule has 0 aromatic rings. The van der Waals surface area contributed by atoms with Gasteiger partial charge in [0.15, 0.2) is 0 Å². The summed E-state index contributed by atoms with van der Waals surface area (Å²) in [6, 6.07) is -0.491. The van der Waals surface area contributed by atoms with E-state index in [0.717, 1.165) is 0 Å². The number of hydrogen-bond donors (Lipinski definition) is 2. The quantitative estimate of drug-likeness (QED) is 0.720. The molecule has 2 saturated heterocycles. The molecule has 120 valence electrons. The Morgan fingerprint density at radius 2 is 2.00 bits per heavy atom. The average molecular weight is 317 g/mol. The van der Waals surface area contributed by atoms with Crippen molar-refractivity contribution in [2.24, 2.45) is 0 Å². The lowest BCUT2D eigenvalue weighted by molar-refractivity contribution is -0.135. The van der Waals surface area contributed by atoms with E-state index in [2.05, 4.69) is 10.0 Å². The molecule has 0 aromatic heterocycles. The molecule has 0 aromatic carbocycles. The van der Waals surface area contributed by atoms with Gasteiger partial charge in [0, 0.05) is 25.6 Å². The highest BCUT2D eigenvalue weighted by atomic mass is 32.2. The van der Waals surface area contributed by atoms with Crippen molar-refractivity contribution >= 4 is 21.8 Å². The summed E-state index contributed by atoms with van der Waals surface area (Å²) >= 11 is 0. The largest absolute Gasteiger partial charge is 0.344 e. The highest BCUT2D eigenvalue weighted by molar-refractivity contribution is 7.89. The summed E-state index contributed by atoms with van der Waals surface area (Å²) < 4.78 is 26.1. The van der Waals surface area contributed by atoms with Crippen molar-refractivity contribution < 1.29 is 18.0 Å². The molecule has 2 fully saturated rings. The first-order valence-corrected chi connectivity index (χ1v) is 9.14. The molecular weight excluding hydrogens is 294 g/mol. The van der Waals surface area contributed by atoms with E-state index in [9.17, 15) is 18.0 Å². The van der Waals surface area contributed by atoms with Crippen LogP contribution in [-0.2, 0) is 19.6 Å². The molecule has 2 aliphatic rings. The maximum Gasteiger partial charge on any atom is 0.245 e. The van der Waals surface area contributed by atoms with Crippen molar-refractivity contribution in [2.45, 2.75) is 51.1 Å². The fourth-order valence-electron chi connectivity index (χ4n) is 2.82. The number of nitrogens with zero attached hydrogens (tertiary/aromatic N) is 1. The lowest BCUT2D eigenvalue weighted by atomic mass is 10.0. The van der Waals surface area contributed by atoms with Crippen molar-refractivity contribution in [3.8, 4) is 0 Å². The van der Waals surface area contributed by atoms with Gasteiger partial charge in [0.2, 0.25) is 21.8 Å². The number of carbonyl (C=O) groups is 2. The third-order valence-electron chi connectivity index (χ3n) is 3.92. The monoisotopic (exact) mass is 317 g/mol. The number of nitrogens with one attached hydrogen (secondary N) is 2. The predicted octanol–water partition coefficient (Wildman–Crippen LogP) is -0.415. The van der Waals surface area contributed by atoms with Gasteiger partial charge in [-0.05, 0) is 25.7 Å². The second-order valence-corrected chi connectivity index (χ2v) is 7.57. The van der Waals surface area contributed by atoms with Gasteiger partial charge in [-0.3, -0.25) is 9.59 Å². The standard InChI is InChI=1S/C13H23N3O4S/c1-2-9-21(19,20)15-10-5-7-16(8-6-10)13(18)11-3-4-12(17)14-11/h10-11,15H,2-9H2,1H3,(H,14,17). The zero-order chi connectivity index (χ0) is 15.5. The van der Waals surface area contributed by atoms with Crippen LogP contribution in [0.15, 0.2) is 0 Å². The smallest absolute Gasteiger partial charge is 0.245 e.